The first kappa shape index (κ1) is 24.2. The van der Waals surface area contributed by atoms with Crippen LogP contribution < -0.4 is 4.90 Å². The highest BCUT2D eigenvalue weighted by molar-refractivity contribution is 7.26. The maximum Gasteiger partial charge on any atom is 0.137 e. The molecule has 202 valence electrons. The molecule has 0 aliphatic heterocycles. The van der Waals surface area contributed by atoms with Gasteiger partial charge in [0.05, 0.1) is 10.2 Å². The van der Waals surface area contributed by atoms with Crippen LogP contribution in [0.4, 0.5) is 17.1 Å². The van der Waals surface area contributed by atoms with Gasteiger partial charge in [0.25, 0.3) is 0 Å². The van der Waals surface area contributed by atoms with Crippen molar-refractivity contribution in [2.75, 3.05) is 4.90 Å². The van der Waals surface area contributed by atoms with Crippen LogP contribution in [0.2, 0.25) is 0 Å². The highest BCUT2D eigenvalue weighted by Gasteiger charge is 2.17. The molecule has 0 aliphatic carbocycles. The number of benzene rings is 6. The van der Waals surface area contributed by atoms with E-state index in [1.54, 1.807) is 0 Å². The van der Waals surface area contributed by atoms with Crippen molar-refractivity contribution in [3.05, 3.63) is 146 Å². The molecule has 0 bridgehead atoms. The van der Waals surface area contributed by atoms with Crippen LogP contribution >= 0.6 is 11.3 Å². The van der Waals surface area contributed by atoms with Gasteiger partial charge in [0, 0.05) is 61.0 Å². The molecule has 4 heteroatoms. The highest BCUT2D eigenvalue weighted by Crippen LogP contribution is 2.43. The number of rotatable bonds is 4. The van der Waals surface area contributed by atoms with Crippen LogP contribution in [0.1, 0.15) is 0 Å². The van der Waals surface area contributed by atoms with Crippen LogP contribution in [0.3, 0.4) is 0 Å². The third kappa shape index (κ3) is 3.84. The minimum Gasteiger partial charge on any atom is -0.456 e. The second-order valence-corrected chi connectivity index (χ2v) is 11.8. The number of hydrogen-bond acceptors (Lipinski definition) is 4. The molecule has 3 nitrogen and oxygen atoms in total. The summed E-state index contributed by atoms with van der Waals surface area (Å²) in [6, 6.07) is 49.3. The maximum atomic E-state index is 6.26. The Hall–Kier alpha value is -5.45. The summed E-state index contributed by atoms with van der Waals surface area (Å²) in [5.41, 5.74) is 8.52. The molecule has 0 spiro atoms. The lowest BCUT2D eigenvalue weighted by atomic mass is 9.98. The van der Waals surface area contributed by atoms with E-state index in [9.17, 15) is 0 Å². The second-order valence-electron chi connectivity index (χ2n) is 10.8. The van der Waals surface area contributed by atoms with Gasteiger partial charge in [-0.2, -0.15) is 0 Å². The third-order valence-corrected chi connectivity index (χ3v) is 9.48. The van der Waals surface area contributed by atoms with E-state index in [0.717, 1.165) is 44.5 Å². The summed E-state index contributed by atoms with van der Waals surface area (Å²) in [7, 11) is 0. The van der Waals surface area contributed by atoms with E-state index in [2.05, 4.69) is 126 Å². The zero-order chi connectivity index (χ0) is 28.3. The zero-order valence-corrected chi connectivity index (χ0v) is 23.9. The molecular formula is C39H24N2OS. The molecule has 0 fully saturated rings. The molecule has 0 unspecified atom stereocenters. The average molecular weight is 569 g/mol. The minimum absolute atomic E-state index is 0.884. The Labute approximate surface area is 251 Å². The van der Waals surface area contributed by atoms with Crippen molar-refractivity contribution in [1.29, 1.82) is 0 Å². The van der Waals surface area contributed by atoms with Crippen LogP contribution in [0.5, 0.6) is 0 Å². The fraction of sp³-hybridized carbons (Fsp3) is 0. The second kappa shape index (κ2) is 9.55. The van der Waals surface area contributed by atoms with Gasteiger partial charge in [-0.1, -0.05) is 78.9 Å². The third-order valence-electron chi connectivity index (χ3n) is 8.31. The zero-order valence-electron chi connectivity index (χ0n) is 23.1. The molecule has 6 aromatic carbocycles. The first-order chi connectivity index (χ1) is 21.3. The summed E-state index contributed by atoms with van der Waals surface area (Å²) in [6.07, 6.45) is 1.89. The van der Waals surface area contributed by atoms with Crippen LogP contribution in [0.15, 0.2) is 150 Å². The summed E-state index contributed by atoms with van der Waals surface area (Å²) in [5.74, 6) is 0. The molecule has 3 heterocycles. The van der Waals surface area contributed by atoms with Crippen molar-refractivity contribution < 1.29 is 4.42 Å². The molecule has 0 amide bonds. The fourth-order valence-corrected chi connectivity index (χ4v) is 7.57. The molecular weight excluding hydrogens is 545 g/mol. The Morgan fingerprint density at radius 1 is 0.558 bits per heavy atom. The molecule has 0 N–H and O–H groups in total. The van der Waals surface area contributed by atoms with Crippen molar-refractivity contribution in [3.63, 3.8) is 0 Å². The van der Waals surface area contributed by atoms with Crippen molar-refractivity contribution in [2.45, 2.75) is 0 Å². The molecule has 0 aliphatic rings. The van der Waals surface area contributed by atoms with Gasteiger partial charge in [-0.25, -0.2) is 0 Å². The quantitative estimate of drug-likeness (QED) is 0.211. The van der Waals surface area contributed by atoms with E-state index in [4.69, 9.17) is 9.40 Å². The maximum absolute atomic E-state index is 6.26. The predicted octanol–water partition coefficient (Wildman–Crippen LogP) is 11.6. The van der Waals surface area contributed by atoms with E-state index < -0.39 is 0 Å². The van der Waals surface area contributed by atoms with Crippen LogP contribution in [-0.4, -0.2) is 4.98 Å². The molecule has 0 saturated carbocycles. The molecule has 3 aromatic heterocycles. The van der Waals surface area contributed by atoms with E-state index in [-0.39, 0.29) is 0 Å². The molecule has 9 aromatic rings. The van der Waals surface area contributed by atoms with Crippen LogP contribution in [0.25, 0.3) is 64.1 Å². The summed E-state index contributed by atoms with van der Waals surface area (Å²) >= 11 is 1.83. The van der Waals surface area contributed by atoms with Gasteiger partial charge in [0.1, 0.15) is 11.2 Å². The van der Waals surface area contributed by atoms with Gasteiger partial charge in [-0.15, -0.1) is 11.3 Å². The Balaban J connectivity index is 1.18. The van der Waals surface area contributed by atoms with Crippen LogP contribution in [-0.2, 0) is 0 Å². The van der Waals surface area contributed by atoms with Crippen molar-refractivity contribution in [2.24, 2.45) is 0 Å². The number of thiophene rings is 1. The number of hydrogen-bond donors (Lipinski definition) is 0. The van der Waals surface area contributed by atoms with Crippen molar-refractivity contribution in [3.8, 4) is 11.1 Å². The lowest BCUT2D eigenvalue weighted by molar-refractivity contribution is 0.669. The largest absolute Gasteiger partial charge is 0.456 e. The first-order valence-electron chi connectivity index (χ1n) is 14.4. The highest BCUT2D eigenvalue weighted by atomic mass is 32.1. The topological polar surface area (TPSA) is 29.3 Å². The molecule has 9 rings (SSSR count). The number of anilines is 3. The smallest absolute Gasteiger partial charge is 0.137 e. The van der Waals surface area contributed by atoms with E-state index in [0.29, 0.717) is 0 Å². The number of aromatic nitrogens is 1. The monoisotopic (exact) mass is 568 g/mol. The van der Waals surface area contributed by atoms with E-state index in [1.807, 2.05) is 35.7 Å². The minimum atomic E-state index is 0.884. The molecule has 0 atom stereocenters. The Morgan fingerprint density at radius 2 is 1.33 bits per heavy atom. The lowest BCUT2D eigenvalue weighted by Gasteiger charge is -2.25. The SMILES string of the molecule is c1ccc(N(c2ccc(-c3cccc4sc5c(ccc6cccnc65)c34)cc2)c2ccc3c(c2)oc2ccccc23)cc1. The van der Waals surface area contributed by atoms with Crippen LogP contribution in [0, 0.1) is 0 Å². The predicted molar refractivity (Wildman–Crippen MR) is 182 cm³/mol. The van der Waals surface area contributed by atoms with E-state index in [1.165, 1.54) is 36.7 Å². The Morgan fingerprint density at radius 3 is 2.23 bits per heavy atom. The van der Waals surface area contributed by atoms with Gasteiger partial charge >= 0.3 is 0 Å². The lowest BCUT2D eigenvalue weighted by Crippen LogP contribution is -2.09. The summed E-state index contributed by atoms with van der Waals surface area (Å²) in [4.78, 5) is 7.01. The molecule has 0 saturated heterocycles. The van der Waals surface area contributed by atoms with Gasteiger partial charge < -0.3 is 9.32 Å². The summed E-state index contributed by atoms with van der Waals surface area (Å²) in [6.45, 7) is 0. The molecule has 43 heavy (non-hydrogen) atoms. The first-order valence-corrected chi connectivity index (χ1v) is 15.2. The summed E-state index contributed by atoms with van der Waals surface area (Å²) < 4.78 is 8.78. The number of furan rings is 1. The van der Waals surface area contributed by atoms with Gasteiger partial charge in [-0.05, 0) is 65.7 Å². The number of fused-ring (bicyclic) bond motifs is 8. The normalized spacial score (nSPS) is 11.7. The van der Waals surface area contributed by atoms with Gasteiger partial charge in [0.2, 0.25) is 0 Å². The summed E-state index contributed by atoms with van der Waals surface area (Å²) in [5, 5.41) is 5.99. The molecule has 0 radical (unpaired) electrons. The fourth-order valence-electron chi connectivity index (χ4n) is 6.33. The number of pyridine rings is 1. The van der Waals surface area contributed by atoms with Gasteiger partial charge in [-0.3, -0.25) is 4.98 Å². The number of nitrogens with zero attached hydrogens (tertiary/aromatic N) is 2. The Bertz CT molecular complexity index is 2460. The average Bonchev–Trinajstić information content (AvgIpc) is 3.64. The van der Waals surface area contributed by atoms with Gasteiger partial charge in [0.15, 0.2) is 0 Å². The van der Waals surface area contributed by atoms with E-state index >= 15 is 0 Å². The van der Waals surface area contributed by atoms with Crippen molar-refractivity contribution in [1.82, 2.24) is 4.98 Å². The standard InChI is InChI=1S/C39H24N2OS/c1-2-9-27(10-3-1)41(29-20-22-32-31-11-4-5-13-34(31)42-35(32)24-29)28-18-15-25(16-19-28)30-12-6-14-36-37(30)33-21-17-26-8-7-23-40-38(26)39(33)43-36/h1-24H. The Kier molecular flexibility index (Phi) is 5.37. The number of para-hydroxylation sites is 2. The van der Waals surface area contributed by atoms with Crippen molar-refractivity contribution >= 4 is 81.4 Å².